The molecule has 0 fully saturated rings. The molecule has 1 aromatic heterocycles. The van der Waals surface area contributed by atoms with E-state index in [9.17, 15) is 4.79 Å². The van der Waals surface area contributed by atoms with Crippen molar-refractivity contribution in [3.63, 3.8) is 0 Å². The molecule has 0 aliphatic rings. The zero-order valence-electron chi connectivity index (χ0n) is 8.11. The number of hydrogen-bond donors (Lipinski definition) is 1. The summed E-state index contributed by atoms with van der Waals surface area (Å²) >= 11 is 0. The highest BCUT2D eigenvalue weighted by atomic mass is 16.1. The quantitative estimate of drug-likeness (QED) is 0.758. The van der Waals surface area contributed by atoms with Crippen molar-refractivity contribution in [3.8, 4) is 6.07 Å². The number of carbonyl (C=O) groups is 1. The second-order valence-corrected chi connectivity index (χ2v) is 2.98. The van der Waals surface area contributed by atoms with Gasteiger partial charge in [-0.25, -0.2) is 4.98 Å². The van der Waals surface area contributed by atoms with Gasteiger partial charge in [0, 0.05) is 6.92 Å². The number of pyridine rings is 1. The van der Waals surface area contributed by atoms with Crippen molar-refractivity contribution in [2.24, 2.45) is 0 Å². The number of hydrogen-bond acceptors (Lipinski definition) is 3. The first-order valence-electron chi connectivity index (χ1n) is 4.27. The molecule has 0 aliphatic heterocycles. The Balaban J connectivity index is 2.85. The Hall–Kier alpha value is -1.89. The molecule has 0 saturated heterocycles. The van der Waals surface area contributed by atoms with Gasteiger partial charge in [-0.1, -0.05) is 6.07 Å². The molecule has 0 aliphatic carbocycles. The van der Waals surface area contributed by atoms with Crippen LogP contribution >= 0.6 is 0 Å². The molecule has 1 atom stereocenters. The Labute approximate surface area is 82.6 Å². The standard InChI is InChI=1S/C10H11N3O/c1-7(12-8(2)14)10-5-3-4-9(6-11)13-10/h3-5,7H,1-2H3,(H,12,14). The predicted molar refractivity (Wildman–Crippen MR) is 51.2 cm³/mol. The second kappa shape index (κ2) is 4.38. The van der Waals surface area contributed by atoms with Crippen LogP contribution in [0.25, 0.3) is 0 Å². The zero-order chi connectivity index (χ0) is 10.6. The van der Waals surface area contributed by atoms with E-state index in [1.165, 1.54) is 6.92 Å². The maximum Gasteiger partial charge on any atom is 0.217 e. The molecule has 0 aromatic carbocycles. The van der Waals surface area contributed by atoms with Gasteiger partial charge in [-0.15, -0.1) is 0 Å². The third kappa shape index (κ3) is 2.56. The molecule has 1 N–H and O–H groups in total. The highest BCUT2D eigenvalue weighted by Crippen LogP contribution is 2.09. The van der Waals surface area contributed by atoms with E-state index in [1.54, 1.807) is 18.2 Å². The molecule has 1 unspecified atom stereocenters. The number of nitrogens with zero attached hydrogens (tertiary/aromatic N) is 2. The summed E-state index contributed by atoms with van der Waals surface area (Å²) in [4.78, 5) is 14.8. The molecule has 14 heavy (non-hydrogen) atoms. The molecule has 1 rings (SSSR count). The first-order chi connectivity index (χ1) is 6.63. The smallest absolute Gasteiger partial charge is 0.217 e. The summed E-state index contributed by atoms with van der Waals surface area (Å²) < 4.78 is 0. The zero-order valence-corrected chi connectivity index (χ0v) is 8.11. The Morgan fingerprint density at radius 1 is 1.64 bits per heavy atom. The SMILES string of the molecule is CC(=O)NC(C)c1cccc(C#N)n1. The van der Waals surface area contributed by atoms with E-state index in [0.717, 1.165) is 0 Å². The Kier molecular flexibility index (Phi) is 3.19. The topological polar surface area (TPSA) is 65.8 Å². The van der Waals surface area contributed by atoms with Gasteiger partial charge in [-0.2, -0.15) is 5.26 Å². The summed E-state index contributed by atoms with van der Waals surface area (Å²) in [5.41, 5.74) is 1.05. The van der Waals surface area contributed by atoms with Crippen LogP contribution in [0.3, 0.4) is 0 Å². The van der Waals surface area contributed by atoms with Gasteiger partial charge in [-0.3, -0.25) is 4.79 Å². The predicted octanol–water partition coefficient (Wildman–Crippen LogP) is 1.15. The first kappa shape index (κ1) is 10.2. The summed E-state index contributed by atoms with van der Waals surface area (Å²) in [6, 6.07) is 6.94. The molecular weight excluding hydrogens is 178 g/mol. The van der Waals surface area contributed by atoms with Crippen molar-refractivity contribution in [1.29, 1.82) is 5.26 Å². The number of amides is 1. The van der Waals surface area contributed by atoms with E-state index >= 15 is 0 Å². The van der Waals surface area contributed by atoms with Crippen molar-refractivity contribution in [2.45, 2.75) is 19.9 Å². The fourth-order valence-electron chi connectivity index (χ4n) is 1.13. The molecule has 0 bridgehead atoms. The minimum Gasteiger partial charge on any atom is -0.348 e. The first-order valence-corrected chi connectivity index (χ1v) is 4.27. The molecule has 4 heteroatoms. The van der Waals surface area contributed by atoms with Crippen LogP contribution in [0.5, 0.6) is 0 Å². The lowest BCUT2D eigenvalue weighted by molar-refractivity contribution is -0.119. The number of aromatic nitrogens is 1. The molecule has 1 amide bonds. The molecule has 0 saturated carbocycles. The minimum atomic E-state index is -0.166. The van der Waals surface area contributed by atoms with Gasteiger partial charge in [-0.05, 0) is 19.1 Å². The summed E-state index contributed by atoms with van der Waals surface area (Å²) in [5, 5.41) is 11.3. The largest absolute Gasteiger partial charge is 0.348 e. The van der Waals surface area contributed by atoms with Gasteiger partial charge in [0.05, 0.1) is 11.7 Å². The maximum atomic E-state index is 10.8. The summed E-state index contributed by atoms with van der Waals surface area (Å²) in [6.45, 7) is 3.27. The fourth-order valence-corrected chi connectivity index (χ4v) is 1.13. The molecule has 4 nitrogen and oxygen atoms in total. The van der Waals surface area contributed by atoms with E-state index in [1.807, 2.05) is 13.0 Å². The van der Waals surface area contributed by atoms with E-state index in [-0.39, 0.29) is 11.9 Å². The lowest BCUT2D eigenvalue weighted by Crippen LogP contribution is -2.24. The van der Waals surface area contributed by atoms with Crippen LogP contribution in [0.2, 0.25) is 0 Å². The minimum absolute atomic E-state index is 0.110. The van der Waals surface area contributed by atoms with E-state index in [0.29, 0.717) is 11.4 Å². The number of rotatable bonds is 2. The summed E-state index contributed by atoms with van der Waals surface area (Å²) in [5.74, 6) is -0.110. The van der Waals surface area contributed by atoms with Gasteiger partial charge in [0.25, 0.3) is 0 Å². The Bertz CT molecular complexity index is 381. The van der Waals surface area contributed by atoms with Gasteiger partial charge in [0.1, 0.15) is 11.8 Å². The molecular formula is C10H11N3O. The molecule has 1 heterocycles. The highest BCUT2D eigenvalue weighted by molar-refractivity contribution is 5.73. The van der Waals surface area contributed by atoms with Crippen LogP contribution in [0.4, 0.5) is 0 Å². The lowest BCUT2D eigenvalue weighted by atomic mass is 10.2. The lowest BCUT2D eigenvalue weighted by Gasteiger charge is -2.11. The average molecular weight is 189 g/mol. The normalized spacial score (nSPS) is 11.5. The van der Waals surface area contributed by atoms with Gasteiger partial charge < -0.3 is 5.32 Å². The van der Waals surface area contributed by atoms with Crippen LogP contribution in [0, 0.1) is 11.3 Å². The maximum absolute atomic E-state index is 10.8. The Morgan fingerprint density at radius 2 is 2.36 bits per heavy atom. The summed E-state index contributed by atoms with van der Waals surface area (Å²) in [6.07, 6.45) is 0. The number of carbonyl (C=O) groups excluding carboxylic acids is 1. The summed E-state index contributed by atoms with van der Waals surface area (Å²) in [7, 11) is 0. The molecule has 0 radical (unpaired) electrons. The van der Waals surface area contributed by atoms with Crippen LogP contribution in [-0.4, -0.2) is 10.9 Å². The Morgan fingerprint density at radius 3 is 2.93 bits per heavy atom. The number of nitriles is 1. The van der Waals surface area contributed by atoms with Gasteiger partial charge in [0.15, 0.2) is 0 Å². The third-order valence-electron chi connectivity index (χ3n) is 1.75. The molecule has 72 valence electrons. The van der Waals surface area contributed by atoms with Crippen molar-refractivity contribution in [2.75, 3.05) is 0 Å². The van der Waals surface area contributed by atoms with E-state index < -0.39 is 0 Å². The monoisotopic (exact) mass is 189 g/mol. The van der Waals surface area contributed by atoms with Crippen molar-refractivity contribution < 1.29 is 4.79 Å². The van der Waals surface area contributed by atoms with Crippen LogP contribution < -0.4 is 5.32 Å². The van der Waals surface area contributed by atoms with Crippen LogP contribution in [0.1, 0.15) is 31.3 Å². The number of nitrogens with one attached hydrogen (secondary N) is 1. The van der Waals surface area contributed by atoms with E-state index in [4.69, 9.17) is 5.26 Å². The van der Waals surface area contributed by atoms with Crippen molar-refractivity contribution in [3.05, 3.63) is 29.6 Å². The van der Waals surface area contributed by atoms with Crippen LogP contribution in [-0.2, 0) is 4.79 Å². The van der Waals surface area contributed by atoms with Crippen molar-refractivity contribution >= 4 is 5.91 Å². The van der Waals surface area contributed by atoms with E-state index in [2.05, 4.69) is 10.3 Å². The highest BCUT2D eigenvalue weighted by Gasteiger charge is 2.07. The second-order valence-electron chi connectivity index (χ2n) is 2.98. The molecule has 1 aromatic rings. The van der Waals surface area contributed by atoms with Gasteiger partial charge >= 0.3 is 0 Å². The fraction of sp³-hybridized carbons (Fsp3) is 0.300. The third-order valence-corrected chi connectivity index (χ3v) is 1.75. The average Bonchev–Trinajstić information content (AvgIpc) is 2.17. The van der Waals surface area contributed by atoms with Gasteiger partial charge in [0.2, 0.25) is 5.91 Å². The van der Waals surface area contributed by atoms with Crippen molar-refractivity contribution in [1.82, 2.24) is 10.3 Å². The van der Waals surface area contributed by atoms with Crippen LogP contribution in [0.15, 0.2) is 18.2 Å². The molecule has 0 spiro atoms.